The van der Waals surface area contributed by atoms with Crippen LogP contribution in [0, 0.1) is 34.1 Å². The smallest absolute Gasteiger partial charge is 0.285 e. The molecule has 0 aliphatic carbocycles. The Labute approximate surface area is 369 Å². The number of fused-ring (bicyclic) bond motifs is 2. The zero-order valence-electron chi connectivity index (χ0n) is 35.3. The number of benzene rings is 6. The number of hydrogen-bond acceptors (Lipinski definition) is 10. The molecule has 14 nitrogen and oxygen atoms in total. The van der Waals surface area contributed by atoms with Crippen molar-refractivity contribution in [1.82, 2.24) is 9.80 Å². The highest BCUT2D eigenvalue weighted by Crippen LogP contribution is 2.34. The van der Waals surface area contributed by atoms with Gasteiger partial charge in [0, 0.05) is 19.5 Å². The molecule has 0 fully saturated rings. The number of aryl methyl sites for hydroxylation is 2. The van der Waals surface area contributed by atoms with E-state index >= 15 is 0 Å². The summed E-state index contributed by atoms with van der Waals surface area (Å²) in [5.41, 5.74) is 6.39. The summed E-state index contributed by atoms with van der Waals surface area (Å²) >= 11 is 0. The first-order valence-corrected chi connectivity index (χ1v) is 20.7. The number of carbonyl (C=O) groups excluding carboxylic acids is 3. The lowest BCUT2D eigenvalue weighted by molar-refractivity contribution is -0.385. The van der Waals surface area contributed by atoms with Crippen LogP contribution in [0.1, 0.15) is 65.2 Å². The average molecular weight is 863 g/mol. The van der Waals surface area contributed by atoms with Crippen LogP contribution in [-0.4, -0.2) is 61.5 Å². The maximum absolute atomic E-state index is 13.4. The Bertz CT molecular complexity index is 2690. The Kier molecular flexibility index (Phi) is 13.9. The van der Waals surface area contributed by atoms with Gasteiger partial charge in [-0.2, -0.15) is 0 Å². The van der Waals surface area contributed by atoms with E-state index < -0.39 is 33.7 Å². The summed E-state index contributed by atoms with van der Waals surface area (Å²) in [5, 5.41) is 33.5. The van der Waals surface area contributed by atoms with Crippen LogP contribution in [-0.2, 0) is 43.9 Å². The number of ether oxygens (including phenoxy) is 2. The summed E-state index contributed by atoms with van der Waals surface area (Å²) in [6.45, 7) is 4.32. The van der Waals surface area contributed by atoms with Crippen molar-refractivity contribution in [2.24, 2.45) is 0 Å². The lowest BCUT2D eigenvalue weighted by Gasteiger charge is -2.36. The summed E-state index contributed by atoms with van der Waals surface area (Å²) in [4.78, 5) is 63.9. The minimum absolute atomic E-state index is 0.00241. The van der Waals surface area contributed by atoms with E-state index in [0.717, 1.165) is 39.7 Å². The second kappa shape index (κ2) is 20.0. The highest BCUT2D eigenvalue weighted by Gasteiger charge is 2.35. The van der Waals surface area contributed by atoms with E-state index in [-0.39, 0.29) is 48.9 Å². The van der Waals surface area contributed by atoms with E-state index in [0.29, 0.717) is 42.0 Å². The number of carbonyl (C=O) groups is 3. The van der Waals surface area contributed by atoms with Gasteiger partial charge in [-0.15, -0.1) is 0 Å². The van der Waals surface area contributed by atoms with Crippen LogP contribution >= 0.6 is 0 Å². The number of hydrogen-bond donors (Lipinski definition) is 1. The molecule has 326 valence electrons. The van der Waals surface area contributed by atoms with E-state index in [1.54, 1.807) is 13.8 Å². The number of aliphatic hydroxyl groups is 1. The number of nitrogens with zero attached hydrogens (tertiary/aromatic N) is 4. The van der Waals surface area contributed by atoms with Gasteiger partial charge in [0.1, 0.15) is 42.1 Å². The minimum Gasteiger partial charge on any atom is -0.488 e. The number of nitro benzene ring substituents is 2. The molecule has 2 heterocycles. The first-order valence-electron chi connectivity index (χ1n) is 20.7. The third-order valence-electron chi connectivity index (χ3n) is 11.4. The zero-order valence-corrected chi connectivity index (χ0v) is 35.3. The number of rotatable bonds is 12. The van der Waals surface area contributed by atoms with Gasteiger partial charge in [0.2, 0.25) is 0 Å². The topological polar surface area (TPSA) is 183 Å². The molecule has 0 saturated carbocycles. The van der Waals surface area contributed by atoms with E-state index in [4.69, 9.17) is 9.47 Å². The predicted molar refractivity (Wildman–Crippen MR) is 238 cm³/mol. The summed E-state index contributed by atoms with van der Waals surface area (Å²) in [6.07, 6.45) is 1.61. The van der Waals surface area contributed by atoms with Crippen LogP contribution in [0.15, 0.2) is 133 Å². The molecule has 2 atom stereocenters. The minimum atomic E-state index is -0.675. The van der Waals surface area contributed by atoms with Crippen molar-refractivity contribution in [3.8, 4) is 11.5 Å². The number of aliphatic hydroxyl groups excluding tert-OH is 1. The van der Waals surface area contributed by atoms with Gasteiger partial charge in [0.25, 0.3) is 23.2 Å². The van der Waals surface area contributed by atoms with Crippen molar-refractivity contribution in [2.75, 3.05) is 6.61 Å². The molecule has 2 amide bonds. The van der Waals surface area contributed by atoms with Crippen molar-refractivity contribution in [2.45, 2.75) is 65.1 Å². The maximum atomic E-state index is 13.4. The Morgan fingerprint density at radius 2 is 1.03 bits per heavy atom. The first kappa shape index (κ1) is 44.3. The molecule has 64 heavy (non-hydrogen) atoms. The van der Waals surface area contributed by atoms with Gasteiger partial charge in [-0.25, -0.2) is 0 Å². The van der Waals surface area contributed by atoms with E-state index in [2.05, 4.69) is 0 Å². The van der Waals surface area contributed by atoms with Crippen LogP contribution < -0.4 is 9.47 Å². The van der Waals surface area contributed by atoms with E-state index in [9.17, 15) is 39.7 Å². The van der Waals surface area contributed by atoms with Gasteiger partial charge < -0.3 is 29.2 Å². The van der Waals surface area contributed by atoms with Gasteiger partial charge >= 0.3 is 0 Å². The molecule has 0 spiro atoms. The van der Waals surface area contributed by atoms with E-state index in [1.165, 1.54) is 34.1 Å². The molecule has 6 aromatic rings. The molecule has 0 unspecified atom stereocenters. The van der Waals surface area contributed by atoms with Gasteiger partial charge in [-0.1, -0.05) is 109 Å². The molecule has 0 bridgehead atoms. The van der Waals surface area contributed by atoms with Crippen molar-refractivity contribution >= 4 is 29.5 Å². The summed E-state index contributed by atoms with van der Waals surface area (Å²) < 4.78 is 11.6. The largest absolute Gasteiger partial charge is 0.488 e. The first-order chi connectivity index (χ1) is 30.9. The molecule has 2 aliphatic heterocycles. The van der Waals surface area contributed by atoms with Crippen LogP contribution in [0.4, 0.5) is 11.4 Å². The molecular weight excluding hydrogens is 817 g/mol. The Hall–Kier alpha value is -7.71. The lowest BCUT2D eigenvalue weighted by atomic mass is 9.93. The molecular formula is C50H46N4O10. The monoisotopic (exact) mass is 862 g/mol. The SMILES string of the molecule is Cc1cc(C(=O)N2Cc3ccccc3C[C@H]2C=O)c([N+](=O)[O-])cc1OCc1ccccc1.Cc1cc(C(=O)N2Cc3ccccc3C[C@H]2CO)c([N+](=O)[O-])cc1OCc1ccccc1. The van der Waals surface area contributed by atoms with Crippen LogP contribution in [0.25, 0.3) is 0 Å². The van der Waals surface area contributed by atoms with Gasteiger partial charge in [-0.05, 0) is 76.9 Å². The fourth-order valence-corrected chi connectivity index (χ4v) is 7.97. The molecule has 0 saturated heterocycles. The fourth-order valence-electron chi connectivity index (χ4n) is 7.97. The normalized spacial score (nSPS) is 15.1. The number of amides is 2. The lowest BCUT2D eigenvalue weighted by Crippen LogP contribution is -2.46. The van der Waals surface area contributed by atoms with Gasteiger partial charge in [-0.3, -0.25) is 29.8 Å². The average Bonchev–Trinajstić information content (AvgIpc) is 3.32. The molecule has 2 aliphatic rings. The molecule has 14 heteroatoms. The predicted octanol–water partition coefficient (Wildman–Crippen LogP) is 8.29. The van der Waals surface area contributed by atoms with Crippen molar-refractivity contribution in [1.29, 1.82) is 0 Å². The molecule has 0 aromatic heterocycles. The van der Waals surface area contributed by atoms with Crippen LogP contribution in [0.2, 0.25) is 0 Å². The van der Waals surface area contributed by atoms with Gasteiger partial charge in [0.15, 0.2) is 0 Å². The third-order valence-corrected chi connectivity index (χ3v) is 11.4. The zero-order chi connectivity index (χ0) is 45.3. The van der Waals surface area contributed by atoms with Crippen molar-refractivity contribution in [3.63, 3.8) is 0 Å². The van der Waals surface area contributed by atoms with Gasteiger partial charge in [0.05, 0.1) is 40.7 Å². The van der Waals surface area contributed by atoms with Crippen LogP contribution in [0.5, 0.6) is 11.5 Å². The highest BCUT2D eigenvalue weighted by molar-refractivity contribution is 6.00. The molecule has 8 rings (SSSR count). The summed E-state index contributed by atoms with van der Waals surface area (Å²) in [7, 11) is 0. The fraction of sp³-hybridized carbons (Fsp3) is 0.220. The quantitative estimate of drug-likeness (QED) is 0.0714. The molecule has 0 radical (unpaired) electrons. The molecule has 6 aromatic carbocycles. The van der Waals surface area contributed by atoms with E-state index in [1.807, 2.05) is 109 Å². The third kappa shape index (κ3) is 9.98. The standard InChI is InChI=1S/C25H24N2O5.C25H22N2O5/c2*1-17-11-22(23(27(30)31)13-24(17)32-16-18-7-3-2-4-8-18)25(29)26-14-20-10-6-5-9-19(20)12-21(26)15-28/h2-11,13,21,28H,12,14-16H2,1H3;2-11,13,15,21H,12,14,16H2,1H3/t2*21-/m00/s1. The van der Waals surface area contributed by atoms with Crippen molar-refractivity contribution in [3.05, 3.63) is 209 Å². The Balaban J connectivity index is 0.000000191. The summed E-state index contributed by atoms with van der Waals surface area (Å²) in [5.74, 6) is -0.309. The second-order valence-electron chi connectivity index (χ2n) is 15.7. The maximum Gasteiger partial charge on any atom is 0.285 e. The number of nitro groups is 2. The van der Waals surface area contributed by atoms with Crippen molar-refractivity contribution < 1.29 is 38.8 Å². The number of aldehydes is 1. The Morgan fingerprint density at radius 3 is 1.47 bits per heavy atom. The highest BCUT2D eigenvalue weighted by atomic mass is 16.6. The Morgan fingerprint density at radius 1 is 0.625 bits per heavy atom. The summed E-state index contributed by atoms with van der Waals surface area (Å²) in [6, 6.07) is 38.8. The molecule has 1 N–H and O–H groups in total. The second-order valence-corrected chi connectivity index (χ2v) is 15.7. The van der Waals surface area contributed by atoms with Crippen LogP contribution in [0.3, 0.4) is 0 Å².